The van der Waals surface area contributed by atoms with E-state index in [4.69, 9.17) is 9.47 Å². The smallest absolute Gasteiger partial charge is 0.320 e. The molecule has 114 valence electrons. The Hall–Kier alpha value is -0.870. The summed E-state index contributed by atoms with van der Waals surface area (Å²) in [6, 6.07) is 0.407. The minimum Gasteiger partial charge on any atom is -0.465 e. The van der Waals surface area contributed by atoms with E-state index < -0.39 is 0 Å². The van der Waals surface area contributed by atoms with Crippen molar-refractivity contribution in [2.24, 2.45) is 0 Å². The topological polar surface area (TPSA) is 38.8 Å². The fourth-order valence-corrected chi connectivity index (χ4v) is 3.56. The van der Waals surface area contributed by atoms with Crippen molar-refractivity contribution in [1.29, 1.82) is 0 Å². The number of ether oxygens (including phenoxy) is 2. The molecule has 2 rings (SSSR count). The normalized spacial score (nSPS) is 25.0. The number of rotatable bonds is 6. The van der Waals surface area contributed by atoms with Crippen LogP contribution < -0.4 is 0 Å². The first-order valence-corrected chi connectivity index (χ1v) is 7.83. The lowest BCUT2D eigenvalue weighted by Crippen LogP contribution is -2.49. The Kier molecular flexibility index (Phi) is 5.61. The molecular formula is C16H27NO3. The van der Waals surface area contributed by atoms with E-state index in [9.17, 15) is 4.79 Å². The van der Waals surface area contributed by atoms with Crippen molar-refractivity contribution in [2.45, 2.75) is 57.1 Å². The third-order valence-corrected chi connectivity index (χ3v) is 4.50. The van der Waals surface area contributed by atoms with Crippen LogP contribution in [0.4, 0.5) is 0 Å². The van der Waals surface area contributed by atoms with Gasteiger partial charge in [0.2, 0.25) is 0 Å². The van der Waals surface area contributed by atoms with E-state index in [0.717, 1.165) is 26.0 Å². The molecule has 0 aromatic carbocycles. The highest BCUT2D eigenvalue weighted by atomic mass is 16.5. The Labute approximate surface area is 122 Å². The minimum atomic E-state index is -0.138. The number of nitrogens with zero attached hydrogens (tertiary/aromatic N) is 1. The van der Waals surface area contributed by atoms with E-state index in [1.807, 2.05) is 13.0 Å². The first kappa shape index (κ1) is 15.5. The Balaban J connectivity index is 1.96. The molecule has 1 saturated heterocycles. The summed E-state index contributed by atoms with van der Waals surface area (Å²) < 4.78 is 11.1. The molecule has 2 aliphatic rings. The molecule has 1 atom stereocenters. The minimum absolute atomic E-state index is 0.0804. The van der Waals surface area contributed by atoms with Gasteiger partial charge in [0.1, 0.15) is 0 Å². The molecule has 0 bridgehead atoms. The Morgan fingerprint density at radius 1 is 1.50 bits per heavy atom. The summed E-state index contributed by atoms with van der Waals surface area (Å²) in [6.07, 6.45) is 8.79. The summed E-state index contributed by atoms with van der Waals surface area (Å²) >= 11 is 0. The Bertz CT molecular complexity index is 337. The quantitative estimate of drug-likeness (QED) is 0.554. The number of esters is 1. The van der Waals surface area contributed by atoms with Gasteiger partial charge in [0.15, 0.2) is 0 Å². The second-order valence-corrected chi connectivity index (χ2v) is 5.91. The van der Waals surface area contributed by atoms with Gasteiger partial charge in [-0.15, -0.1) is 6.58 Å². The monoisotopic (exact) mass is 281 g/mol. The van der Waals surface area contributed by atoms with Crippen LogP contribution in [-0.4, -0.2) is 48.8 Å². The third-order valence-electron chi connectivity index (χ3n) is 4.50. The van der Waals surface area contributed by atoms with Crippen LogP contribution in [0, 0.1) is 0 Å². The van der Waals surface area contributed by atoms with Crippen molar-refractivity contribution in [3.8, 4) is 0 Å². The lowest BCUT2D eigenvalue weighted by molar-refractivity contribution is -0.147. The van der Waals surface area contributed by atoms with Crippen molar-refractivity contribution in [2.75, 3.05) is 26.3 Å². The standard InChI is InChI=1S/C16H27NO3/c1-3-10-17(13-15(18)19-4-2)14-7-11-20-16(12-14)8-5-6-9-16/h3,14H,1,4-13H2,2H3. The summed E-state index contributed by atoms with van der Waals surface area (Å²) in [5.74, 6) is -0.138. The second-order valence-electron chi connectivity index (χ2n) is 5.91. The van der Waals surface area contributed by atoms with Crippen LogP contribution in [0.15, 0.2) is 12.7 Å². The summed E-state index contributed by atoms with van der Waals surface area (Å²) in [5, 5.41) is 0. The molecule has 4 heteroatoms. The first-order valence-electron chi connectivity index (χ1n) is 7.83. The predicted octanol–water partition coefficient (Wildman–Crippen LogP) is 2.53. The van der Waals surface area contributed by atoms with Crippen LogP contribution in [0.5, 0.6) is 0 Å². The van der Waals surface area contributed by atoms with Crippen LogP contribution in [0.2, 0.25) is 0 Å². The van der Waals surface area contributed by atoms with E-state index in [1.165, 1.54) is 25.7 Å². The fourth-order valence-electron chi connectivity index (χ4n) is 3.56. The zero-order valence-electron chi connectivity index (χ0n) is 12.6. The molecule has 1 saturated carbocycles. The first-order chi connectivity index (χ1) is 9.69. The zero-order valence-corrected chi connectivity index (χ0v) is 12.6. The SMILES string of the molecule is C=CCN(CC(=O)OCC)C1CCOC2(CCCC2)C1. The highest BCUT2D eigenvalue weighted by Gasteiger charge is 2.41. The highest BCUT2D eigenvalue weighted by Crippen LogP contribution is 2.41. The maximum atomic E-state index is 11.8. The summed E-state index contributed by atoms with van der Waals surface area (Å²) in [6.45, 7) is 8.00. The molecule has 0 aromatic rings. The molecule has 2 fully saturated rings. The van der Waals surface area contributed by atoms with Crippen LogP contribution in [0.25, 0.3) is 0 Å². The van der Waals surface area contributed by atoms with Gasteiger partial charge in [0, 0.05) is 19.2 Å². The van der Waals surface area contributed by atoms with Gasteiger partial charge in [-0.2, -0.15) is 0 Å². The van der Waals surface area contributed by atoms with Crippen LogP contribution >= 0.6 is 0 Å². The highest BCUT2D eigenvalue weighted by molar-refractivity contribution is 5.71. The van der Waals surface area contributed by atoms with Gasteiger partial charge in [0.05, 0.1) is 18.8 Å². The van der Waals surface area contributed by atoms with Gasteiger partial charge in [0.25, 0.3) is 0 Å². The number of hydrogen-bond donors (Lipinski definition) is 0. The van der Waals surface area contributed by atoms with Crippen LogP contribution in [-0.2, 0) is 14.3 Å². The summed E-state index contributed by atoms with van der Waals surface area (Å²) in [7, 11) is 0. The maximum Gasteiger partial charge on any atom is 0.320 e. The Morgan fingerprint density at radius 2 is 2.25 bits per heavy atom. The molecule has 20 heavy (non-hydrogen) atoms. The molecule has 4 nitrogen and oxygen atoms in total. The molecule has 1 heterocycles. The van der Waals surface area contributed by atoms with Gasteiger partial charge in [-0.05, 0) is 32.6 Å². The van der Waals surface area contributed by atoms with Crippen molar-refractivity contribution in [3.05, 3.63) is 12.7 Å². The van der Waals surface area contributed by atoms with Crippen LogP contribution in [0.3, 0.4) is 0 Å². The molecule has 1 aliphatic carbocycles. The van der Waals surface area contributed by atoms with Crippen molar-refractivity contribution in [1.82, 2.24) is 4.90 Å². The maximum absolute atomic E-state index is 11.8. The number of hydrogen-bond acceptors (Lipinski definition) is 4. The average Bonchev–Trinajstić information content (AvgIpc) is 2.86. The van der Waals surface area contributed by atoms with E-state index in [0.29, 0.717) is 19.2 Å². The van der Waals surface area contributed by atoms with Crippen molar-refractivity contribution in [3.63, 3.8) is 0 Å². The number of carbonyl (C=O) groups excluding carboxylic acids is 1. The molecule has 1 spiro atoms. The molecule has 1 unspecified atom stereocenters. The van der Waals surface area contributed by atoms with Gasteiger partial charge < -0.3 is 9.47 Å². The van der Waals surface area contributed by atoms with E-state index in [2.05, 4.69) is 11.5 Å². The fraction of sp³-hybridized carbons (Fsp3) is 0.812. The number of carbonyl (C=O) groups is 1. The van der Waals surface area contributed by atoms with E-state index in [1.54, 1.807) is 0 Å². The molecule has 0 amide bonds. The molecular weight excluding hydrogens is 254 g/mol. The van der Waals surface area contributed by atoms with E-state index in [-0.39, 0.29) is 11.6 Å². The predicted molar refractivity (Wildman–Crippen MR) is 78.6 cm³/mol. The van der Waals surface area contributed by atoms with Crippen LogP contribution in [0.1, 0.15) is 45.4 Å². The molecule has 0 radical (unpaired) electrons. The lowest BCUT2D eigenvalue weighted by atomic mass is 9.88. The summed E-state index contributed by atoms with van der Waals surface area (Å²) in [4.78, 5) is 14.0. The van der Waals surface area contributed by atoms with Gasteiger partial charge in [-0.3, -0.25) is 9.69 Å². The molecule has 0 N–H and O–H groups in total. The largest absolute Gasteiger partial charge is 0.465 e. The van der Waals surface area contributed by atoms with Gasteiger partial charge in [-0.25, -0.2) is 0 Å². The molecule has 1 aliphatic heterocycles. The second kappa shape index (κ2) is 7.23. The third kappa shape index (κ3) is 3.83. The Morgan fingerprint density at radius 3 is 2.90 bits per heavy atom. The zero-order chi connectivity index (χ0) is 14.4. The van der Waals surface area contributed by atoms with E-state index >= 15 is 0 Å². The van der Waals surface area contributed by atoms with Crippen molar-refractivity contribution >= 4 is 5.97 Å². The van der Waals surface area contributed by atoms with Gasteiger partial charge in [-0.1, -0.05) is 18.9 Å². The molecule has 0 aromatic heterocycles. The van der Waals surface area contributed by atoms with Gasteiger partial charge >= 0.3 is 5.97 Å². The average molecular weight is 281 g/mol. The van der Waals surface area contributed by atoms with Crippen molar-refractivity contribution < 1.29 is 14.3 Å². The summed E-state index contributed by atoms with van der Waals surface area (Å²) in [5.41, 5.74) is 0.0804. The lowest BCUT2D eigenvalue weighted by Gasteiger charge is -2.42.